The molecule has 2 aromatic carbocycles. The van der Waals surface area contributed by atoms with Gasteiger partial charge in [-0.3, -0.25) is 14.0 Å². The minimum atomic E-state index is -0.977. The standard InChI is InChI=1S/C26H28N6O2S/c1-15(2)26(6,14-27)28-22(33)18(5)35-25-30-29-24-31(20-12-11-16(3)13-17(20)4)23(34)19-9-7-8-10-21(19)32(24)25/h7-13,15,18H,1-6H3,(H,28,33). The summed E-state index contributed by atoms with van der Waals surface area (Å²) in [4.78, 5) is 26.5. The van der Waals surface area contributed by atoms with Crippen molar-refractivity contribution in [3.63, 3.8) is 0 Å². The number of benzene rings is 2. The highest BCUT2D eigenvalue weighted by Gasteiger charge is 2.32. The Bertz CT molecular complexity index is 1550. The Morgan fingerprint density at radius 1 is 1.14 bits per heavy atom. The molecule has 2 heterocycles. The minimum absolute atomic E-state index is 0.0568. The van der Waals surface area contributed by atoms with Crippen molar-refractivity contribution in [1.82, 2.24) is 24.5 Å². The van der Waals surface area contributed by atoms with Crippen LogP contribution in [0.15, 0.2) is 52.4 Å². The molecule has 8 nitrogen and oxygen atoms in total. The third-order valence-corrected chi connectivity index (χ3v) is 7.45. The number of nitrogens with one attached hydrogen (secondary N) is 1. The molecular weight excluding hydrogens is 460 g/mol. The van der Waals surface area contributed by atoms with E-state index in [1.807, 2.05) is 68.5 Å². The highest BCUT2D eigenvalue weighted by molar-refractivity contribution is 8.00. The lowest BCUT2D eigenvalue weighted by Gasteiger charge is -2.28. The molecule has 0 saturated heterocycles. The van der Waals surface area contributed by atoms with E-state index >= 15 is 0 Å². The molecule has 4 rings (SSSR count). The van der Waals surface area contributed by atoms with Crippen LogP contribution < -0.4 is 10.9 Å². The zero-order valence-electron chi connectivity index (χ0n) is 20.7. The van der Waals surface area contributed by atoms with Gasteiger partial charge in [-0.1, -0.05) is 55.4 Å². The van der Waals surface area contributed by atoms with Gasteiger partial charge in [0.25, 0.3) is 5.56 Å². The maximum absolute atomic E-state index is 13.6. The number of nitrogens with zero attached hydrogens (tertiary/aromatic N) is 5. The molecule has 0 aliphatic rings. The summed E-state index contributed by atoms with van der Waals surface area (Å²) in [6.45, 7) is 11.2. The van der Waals surface area contributed by atoms with Crippen LogP contribution in [0.3, 0.4) is 0 Å². The maximum atomic E-state index is 13.6. The van der Waals surface area contributed by atoms with Crippen LogP contribution in [-0.4, -0.2) is 35.9 Å². The van der Waals surface area contributed by atoms with Gasteiger partial charge in [0.1, 0.15) is 5.54 Å². The topological polar surface area (TPSA) is 105 Å². The van der Waals surface area contributed by atoms with Crippen molar-refractivity contribution in [2.24, 2.45) is 5.92 Å². The molecule has 2 atom stereocenters. The van der Waals surface area contributed by atoms with E-state index in [2.05, 4.69) is 21.6 Å². The number of hydrogen-bond acceptors (Lipinski definition) is 6. The van der Waals surface area contributed by atoms with Crippen molar-refractivity contribution in [3.8, 4) is 11.8 Å². The first-order valence-corrected chi connectivity index (χ1v) is 12.3. The molecule has 0 fully saturated rings. The van der Waals surface area contributed by atoms with Gasteiger partial charge in [0.15, 0.2) is 5.16 Å². The van der Waals surface area contributed by atoms with Crippen LogP contribution in [0.5, 0.6) is 0 Å². The maximum Gasteiger partial charge on any atom is 0.267 e. The first-order valence-electron chi connectivity index (χ1n) is 11.4. The third kappa shape index (κ3) is 4.30. The minimum Gasteiger partial charge on any atom is -0.337 e. The summed E-state index contributed by atoms with van der Waals surface area (Å²) in [6.07, 6.45) is 0. The molecule has 0 radical (unpaired) electrons. The second kappa shape index (κ2) is 9.19. The molecular formula is C26H28N6O2S. The Morgan fingerprint density at radius 2 is 1.86 bits per heavy atom. The van der Waals surface area contributed by atoms with Gasteiger partial charge in [-0.2, -0.15) is 5.26 Å². The van der Waals surface area contributed by atoms with E-state index in [4.69, 9.17) is 0 Å². The molecule has 1 amide bonds. The predicted molar refractivity (Wildman–Crippen MR) is 138 cm³/mol. The summed E-state index contributed by atoms with van der Waals surface area (Å²) in [6, 6.07) is 15.4. The normalized spacial score (nSPS) is 14.1. The van der Waals surface area contributed by atoms with Gasteiger partial charge in [-0.15, -0.1) is 10.2 Å². The molecule has 180 valence electrons. The Labute approximate surface area is 208 Å². The fourth-order valence-electron chi connectivity index (χ4n) is 3.90. The Kier molecular flexibility index (Phi) is 6.43. The van der Waals surface area contributed by atoms with E-state index < -0.39 is 10.8 Å². The van der Waals surface area contributed by atoms with E-state index in [1.54, 1.807) is 24.5 Å². The lowest BCUT2D eigenvalue weighted by molar-refractivity contribution is -0.121. The monoisotopic (exact) mass is 488 g/mol. The Balaban J connectivity index is 1.85. The van der Waals surface area contributed by atoms with E-state index in [0.29, 0.717) is 21.8 Å². The lowest BCUT2D eigenvalue weighted by atomic mass is 9.90. The van der Waals surface area contributed by atoms with E-state index in [1.165, 1.54) is 11.8 Å². The zero-order valence-corrected chi connectivity index (χ0v) is 21.5. The quantitative estimate of drug-likeness (QED) is 0.408. The molecule has 2 unspecified atom stereocenters. The zero-order chi connectivity index (χ0) is 25.5. The van der Waals surface area contributed by atoms with Crippen LogP contribution in [0.1, 0.15) is 38.8 Å². The molecule has 0 spiro atoms. The van der Waals surface area contributed by atoms with Gasteiger partial charge in [-0.05, 0) is 57.4 Å². The van der Waals surface area contributed by atoms with Crippen LogP contribution in [0.4, 0.5) is 0 Å². The van der Waals surface area contributed by atoms with Gasteiger partial charge in [0.2, 0.25) is 11.7 Å². The van der Waals surface area contributed by atoms with Gasteiger partial charge in [-0.25, -0.2) is 4.57 Å². The van der Waals surface area contributed by atoms with Crippen LogP contribution in [0.2, 0.25) is 0 Å². The number of hydrogen-bond donors (Lipinski definition) is 1. The van der Waals surface area contributed by atoms with Crippen LogP contribution in [0, 0.1) is 31.1 Å². The fourth-order valence-corrected chi connectivity index (χ4v) is 4.75. The number of aromatic nitrogens is 4. The highest BCUT2D eigenvalue weighted by Crippen LogP contribution is 2.27. The van der Waals surface area contributed by atoms with Crippen LogP contribution in [-0.2, 0) is 4.79 Å². The molecule has 0 aliphatic carbocycles. The summed E-state index contributed by atoms with van der Waals surface area (Å²) in [5, 5.41) is 21.6. The first-order chi connectivity index (χ1) is 16.6. The highest BCUT2D eigenvalue weighted by atomic mass is 32.2. The summed E-state index contributed by atoms with van der Waals surface area (Å²) < 4.78 is 3.39. The molecule has 35 heavy (non-hydrogen) atoms. The van der Waals surface area contributed by atoms with Crippen molar-refractivity contribution >= 4 is 34.3 Å². The number of aryl methyl sites for hydroxylation is 2. The van der Waals surface area contributed by atoms with Crippen molar-refractivity contribution in [2.45, 2.75) is 57.5 Å². The summed E-state index contributed by atoms with van der Waals surface area (Å²) >= 11 is 1.23. The van der Waals surface area contributed by atoms with E-state index in [9.17, 15) is 14.9 Å². The molecule has 4 aromatic rings. The van der Waals surface area contributed by atoms with Gasteiger partial charge < -0.3 is 5.32 Å². The lowest BCUT2D eigenvalue weighted by Crippen LogP contribution is -2.51. The number of para-hydroxylation sites is 1. The molecule has 9 heteroatoms. The Hall–Kier alpha value is -3.64. The van der Waals surface area contributed by atoms with Crippen molar-refractivity contribution < 1.29 is 4.79 Å². The molecule has 0 aliphatic heterocycles. The smallest absolute Gasteiger partial charge is 0.267 e. The summed E-state index contributed by atoms with van der Waals surface area (Å²) in [5.74, 6) is 0.0509. The predicted octanol–water partition coefficient (Wildman–Crippen LogP) is 4.19. The number of thioether (sulfide) groups is 1. The van der Waals surface area contributed by atoms with Gasteiger partial charge in [0, 0.05) is 0 Å². The molecule has 0 saturated carbocycles. The van der Waals surface area contributed by atoms with Crippen LogP contribution >= 0.6 is 11.8 Å². The fraction of sp³-hybridized carbons (Fsp3) is 0.346. The van der Waals surface area contributed by atoms with E-state index in [0.717, 1.165) is 16.8 Å². The first kappa shape index (κ1) is 24.5. The molecule has 2 aromatic heterocycles. The number of nitriles is 1. The van der Waals surface area contributed by atoms with Crippen LogP contribution in [0.25, 0.3) is 22.4 Å². The average Bonchev–Trinajstić information content (AvgIpc) is 3.23. The number of carbonyl (C=O) groups excluding carboxylic acids is 1. The number of rotatable bonds is 6. The van der Waals surface area contributed by atoms with Crippen molar-refractivity contribution in [3.05, 3.63) is 63.9 Å². The number of carbonyl (C=O) groups is 1. The van der Waals surface area contributed by atoms with Crippen molar-refractivity contribution in [2.75, 3.05) is 0 Å². The number of fused-ring (bicyclic) bond motifs is 3. The second-order valence-corrected chi connectivity index (χ2v) is 10.6. The van der Waals surface area contributed by atoms with E-state index in [-0.39, 0.29) is 17.4 Å². The second-order valence-electron chi connectivity index (χ2n) is 9.28. The average molecular weight is 489 g/mol. The largest absolute Gasteiger partial charge is 0.337 e. The SMILES string of the molecule is Cc1ccc(-n2c(=O)c3ccccc3n3c(SC(C)C(=O)NC(C)(C#N)C(C)C)nnc23)c(C)c1. The Morgan fingerprint density at radius 3 is 2.51 bits per heavy atom. The molecule has 0 bridgehead atoms. The van der Waals surface area contributed by atoms with Gasteiger partial charge >= 0.3 is 0 Å². The van der Waals surface area contributed by atoms with Gasteiger partial charge in [0.05, 0.1) is 27.9 Å². The third-order valence-electron chi connectivity index (χ3n) is 6.41. The molecule has 1 N–H and O–H groups in total. The van der Waals surface area contributed by atoms with Crippen molar-refractivity contribution in [1.29, 1.82) is 5.26 Å². The summed E-state index contributed by atoms with van der Waals surface area (Å²) in [7, 11) is 0. The summed E-state index contributed by atoms with van der Waals surface area (Å²) in [5.41, 5.74) is 2.27. The number of amides is 1.